The van der Waals surface area contributed by atoms with Gasteiger partial charge in [0.2, 0.25) is 0 Å². The van der Waals surface area contributed by atoms with Gasteiger partial charge in [-0.05, 0) is 24.6 Å². The van der Waals surface area contributed by atoms with Crippen LogP contribution in [0.2, 0.25) is 0 Å². The van der Waals surface area contributed by atoms with Gasteiger partial charge >= 0.3 is 5.97 Å². The van der Waals surface area contributed by atoms with Crippen LogP contribution in [-0.2, 0) is 9.59 Å². The van der Waals surface area contributed by atoms with Crippen molar-refractivity contribution in [3.63, 3.8) is 0 Å². The highest BCUT2D eigenvalue weighted by Gasteiger charge is 2.22. The molecular formula is C11H10F2O3. The minimum atomic E-state index is -1.28. The van der Waals surface area contributed by atoms with Crippen LogP contribution < -0.4 is 0 Å². The van der Waals surface area contributed by atoms with E-state index in [0.29, 0.717) is 6.07 Å². The highest BCUT2D eigenvalue weighted by atomic mass is 19.1. The predicted molar refractivity (Wildman–Crippen MR) is 52.0 cm³/mol. The fraction of sp³-hybridized carbons (Fsp3) is 0.273. The molecule has 0 radical (unpaired) electrons. The summed E-state index contributed by atoms with van der Waals surface area (Å²) >= 11 is 0. The molecule has 5 heteroatoms. The maximum Gasteiger partial charge on any atom is 0.311 e. The Kier molecular flexibility index (Phi) is 3.71. The first-order valence-corrected chi connectivity index (χ1v) is 4.58. The summed E-state index contributed by atoms with van der Waals surface area (Å²) in [5, 5.41) is 8.86. The van der Waals surface area contributed by atoms with Crippen LogP contribution in [0.15, 0.2) is 18.2 Å². The number of Topliss-reactive ketones (excluding diaryl/α,β-unsaturated/α-hetero) is 1. The molecule has 1 N–H and O–H groups in total. The number of hydrogen-bond acceptors (Lipinski definition) is 2. The molecule has 1 aromatic rings. The van der Waals surface area contributed by atoms with Gasteiger partial charge in [-0.3, -0.25) is 9.59 Å². The number of halogens is 2. The summed E-state index contributed by atoms with van der Waals surface area (Å²) in [6.07, 6.45) is -0.280. The molecule has 16 heavy (non-hydrogen) atoms. The number of rotatable bonds is 4. The molecule has 1 atom stereocenters. The van der Waals surface area contributed by atoms with Gasteiger partial charge in [-0.25, -0.2) is 8.78 Å². The first kappa shape index (κ1) is 12.3. The minimum Gasteiger partial charge on any atom is -0.481 e. The van der Waals surface area contributed by atoms with Gasteiger partial charge in [0.25, 0.3) is 0 Å². The third kappa shape index (κ3) is 3.12. The monoisotopic (exact) mass is 228 g/mol. The van der Waals surface area contributed by atoms with Crippen molar-refractivity contribution in [2.75, 3.05) is 0 Å². The quantitative estimate of drug-likeness (QED) is 0.858. The third-order valence-corrected chi connectivity index (χ3v) is 2.08. The van der Waals surface area contributed by atoms with Crippen molar-refractivity contribution < 1.29 is 23.5 Å². The van der Waals surface area contributed by atoms with Gasteiger partial charge in [-0.15, -0.1) is 0 Å². The Morgan fingerprint density at radius 1 is 1.25 bits per heavy atom. The van der Waals surface area contributed by atoms with Crippen LogP contribution in [0.4, 0.5) is 8.78 Å². The van der Waals surface area contributed by atoms with Crippen LogP contribution in [-0.4, -0.2) is 16.9 Å². The molecule has 1 rings (SSSR count). The van der Waals surface area contributed by atoms with Crippen LogP contribution in [0, 0.1) is 11.6 Å². The predicted octanol–water partition coefficient (Wildman–Crippen LogP) is 2.11. The zero-order valence-corrected chi connectivity index (χ0v) is 8.54. The zero-order valence-electron chi connectivity index (χ0n) is 8.54. The number of hydrogen-bond donors (Lipinski definition) is 1. The Hall–Kier alpha value is -1.78. The van der Waals surface area contributed by atoms with E-state index in [1.54, 1.807) is 0 Å². The molecule has 0 saturated heterocycles. The summed E-state index contributed by atoms with van der Waals surface area (Å²) in [4.78, 5) is 21.7. The van der Waals surface area contributed by atoms with Gasteiger partial charge < -0.3 is 5.11 Å². The van der Waals surface area contributed by atoms with E-state index in [2.05, 4.69) is 0 Å². The lowest BCUT2D eigenvalue weighted by Crippen LogP contribution is -2.15. The molecule has 1 unspecified atom stereocenters. The average Bonchev–Trinajstić information content (AvgIpc) is 2.11. The molecule has 0 fully saturated rings. The van der Waals surface area contributed by atoms with Crippen LogP contribution >= 0.6 is 0 Å². The molecule has 0 heterocycles. The summed E-state index contributed by atoms with van der Waals surface area (Å²) in [5.74, 6) is -4.55. The summed E-state index contributed by atoms with van der Waals surface area (Å²) in [6, 6.07) is 2.49. The zero-order chi connectivity index (χ0) is 12.3. The highest BCUT2D eigenvalue weighted by molar-refractivity contribution is 5.85. The average molecular weight is 228 g/mol. The van der Waals surface area contributed by atoms with Gasteiger partial charge in [0.1, 0.15) is 17.4 Å². The molecule has 0 saturated carbocycles. The second kappa shape index (κ2) is 4.83. The number of aliphatic carboxylic acids is 1. The lowest BCUT2D eigenvalue weighted by Gasteiger charge is -2.11. The van der Waals surface area contributed by atoms with E-state index in [0.717, 1.165) is 12.1 Å². The Balaban J connectivity index is 3.10. The maximum absolute atomic E-state index is 12.9. The molecule has 86 valence electrons. The molecule has 0 aliphatic heterocycles. The molecule has 0 aliphatic rings. The van der Waals surface area contributed by atoms with Crippen LogP contribution in [0.1, 0.15) is 24.8 Å². The Labute approximate surface area is 90.7 Å². The van der Waals surface area contributed by atoms with Crippen molar-refractivity contribution in [2.45, 2.75) is 19.3 Å². The first-order chi connectivity index (χ1) is 7.40. The molecular weight excluding hydrogens is 218 g/mol. The molecule has 0 spiro atoms. The topological polar surface area (TPSA) is 54.4 Å². The van der Waals surface area contributed by atoms with Crippen molar-refractivity contribution in [2.24, 2.45) is 0 Å². The second-order valence-corrected chi connectivity index (χ2v) is 3.50. The van der Waals surface area contributed by atoms with Gasteiger partial charge in [0.15, 0.2) is 0 Å². The SMILES string of the molecule is CC(=O)CC(C(=O)O)c1cc(F)cc(F)c1. The van der Waals surface area contributed by atoms with Crippen molar-refractivity contribution in [3.8, 4) is 0 Å². The molecule has 0 aliphatic carbocycles. The van der Waals surface area contributed by atoms with E-state index in [9.17, 15) is 18.4 Å². The minimum absolute atomic E-state index is 0.0415. The summed E-state index contributed by atoms with van der Waals surface area (Å²) < 4.78 is 25.7. The molecule has 0 aromatic heterocycles. The highest BCUT2D eigenvalue weighted by Crippen LogP contribution is 2.22. The number of carbonyl (C=O) groups excluding carboxylic acids is 1. The van der Waals surface area contributed by atoms with E-state index in [-0.39, 0.29) is 17.8 Å². The van der Waals surface area contributed by atoms with Gasteiger partial charge in [0, 0.05) is 12.5 Å². The van der Waals surface area contributed by atoms with E-state index in [1.165, 1.54) is 6.92 Å². The lowest BCUT2D eigenvalue weighted by molar-refractivity contribution is -0.140. The number of carbonyl (C=O) groups is 2. The first-order valence-electron chi connectivity index (χ1n) is 4.58. The van der Waals surface area contributed by atoms with E-state index >= 15 is 0 Å². The smallest absolute Gasteiger partial charge is 0.311 e. The fourth-order valence-corrected chi connectivity index (χ4v) is 1.41. The summed E-state index contributed by atoms with van der Waals surface area (Å²) in [5.41, 5.74) is -0.0415. The summed E-state index contributed by atoms with van der Waals surface area (Å²) in [7, 11) is 0. The number of carboxylic acids is 1. The standard InChI is InChI=1S/C11H10F2O3/c1-6(14)2-10(11(15)16)7-3-8(12)5-9(13)4-7/h3-5,10H,2H2,1H3,(H,15,16). The van der Waals surface area contributed by atoms with Crippen LogP contribution in [0.5, 0.6) is 0 Å². The van der Waals surface area contributed by atoms with E-state index in [1.807, 2.05) is 0 Å². The summed E-state index contributed by atoms with van der Waals surface area (Å²) in [6.45, 7) is 1.23. The Bertz CT molecular complexity index is 409. The lowest BCUT2D eigenvalue weighted by atomic mass is 9.94. The van der Waals surface area contributed by atoms with Gasteiger partial charge in [-0.1, -0.05) is 0 Å². The molecule has 0 bridgehead atoms. The fourth-order valence-electron chi connectivity index (χ4n) is 1.41. The Morgan fingerprint density at radius 2 is 1.75 bits per heavy atom. The second-order valence-electron chi connectivity index (χ2n) is 3.50. The van der Waals surface area contributed by atoms with Crippen molar-refractivity contribution in [3.05, 3.63) is 35.4 Å². The van der Waals surface area contributed by atoms with E-state index in [4.69, 9.17) is 5.11 Å². The Morgan fingerprint density at radius 3 is 2.12 bits per heavy atom. The number of ketones is 1. The van der Waals surface area contributed by atoms with Crippen molar-refractivity contribution in [1.29, 1.82) is 0 Å². The van der Waals surface area contributed by atoms with Crippen molar-refractivity contribution in [1.82, 2.24) is 0 Å². The van der Waals surface area contributed by atoms with Crippen LogP contribution in [0.3, 0.4) is 0 Å². The molecule has 1 aromatic carbocycles. The van der Waals surface area contributed by atoms with Crippen LogP contribution in [0.25, 0.3) is 0 Å². The van der Waals surface area contributed by atoms with Crippen molar-refractivity contribution >= 4 is 11.8 Å². The molecule has 0 amide bonds. The molecule has 3 nitrogen and oxygen atoms in total. The van der Waals surface area contributed by atoms with E-state index < -0.39 is 23.5 Å². The normalized spacial score (nSPS) is 12.2. The number of carboxylic acid groups (broad SMARTS) is 1. The third-order valence-electron chi connectivity index (χ3n) is 2.08. The number of benzene rings is 1. The largest absolute Gasteiger partial charge is 0.481 e. The maximum atomic E-state index is 12.9. The van der Waals surface area contributed by atoms with Gasteiger partial charge in [0.05, 0.1) is 5.92 Å². The van der Waals surface area contributed by atoms with Gasteiger partial charge in [-0.2, -0.15) is 0 Å².